The summed E-state index contributed by atoms with van der Waals surface area (Å²) < 4.78 is 24.2. The molecule has 1 aromatic heterocycles. The van der Waals surface area contributed by atoms with E-state index in [-0.39, 0.29) is 29.8 Å². The van der Waals surface area contributed by atoms with Crippen LogP contribution in [0.2, 0.25) is 0 Å². The lowest BCUT2D eigenvalue weighted by Gasteiger charge is -2.22. The average Bonchev–Trinajstić information content (AvgIpc) is 3.16. The van der Waals surface area contributed by atoms with Crippen LogP contribution in [0.4, 0.5) is 4.39 Å². The highest BCUT2D eigenvalue weighted by atomic mass is 127. The van der Waals surface area contributed by atoms with E-state index >= 15 is 0 Å². The number of H-pyrrole nitrogens is 1. The van der Waals surface area contributed by atoms with Crippen LogP contribution in [-0.2, 0) is 12.8 Å². The summed E-state index contributed by atoms with van der Waals surface area (Å²) in [6.45, 7) is 1.50. The van der Waals surface area contributed by atoms with E-state index in [1.807, 2.05) is 31.4 Å². The lowest BCUT2D eigenvalue weighted by molar-refractivity contribution is 0.354. The van der Waals surface area contributed by atoms with Crippen LogP contribution < -0.4 is 14.8 Å². The van der Waals surface area contributed by atoms with Crippen molar-refractivity contribution in [2.75, 3.05) is 41.4 Å². The van der Waals surface area contributed by atoms with Crippen molar-refractivity contribution in [3.8, 4) is 11.5 Å². The Morgan fingerprint density at radius 3 is 2.58 bits per heavy atom. The van der Waals surface area contributed by atoms with Gasteiger partial charge in [-0.15, -0.1) is 24.0 Å². The molecule has 0 radical (unpaired) electrons. The Balaban J connectivity index is 0.00000341. The maximum atomic E-state index is 13.5. The highest BCUT2D eigenvalue weighted by Gasteiger charge is 2.10. The molecule has 0 aliphatic rings. The second kappa shape index (κ2) is 11.8. The minimum absolute atomic E-state index is 0. The molecule has 0 spiro atoms. The second-order valence-corrected chi connectivity index (χ2v) is 7.09. The predicted octanol–water partition coefficient (Wildman–Crippen LogP) is 4.23. The summed E-state index contributed by atoms with van der Waals surface area (Å²) in [5, 5.41) is 4.31. The van der Waals surface area contributed by atoms with E-state index < -0.39 is 0 Å². The third-order valence-corrected chi connectivity index (χ3v) is 5.16. The quantitative estimate of drug-likeness (QED) is 0.255. The van der Waals surface area contributed by atoms with Crippen molar-refractivity contribution in [1.29, 1.82) is 0 Å². The van der Waals surface area contributed by atoms with E-state index in [0.29, 0.717) is 6.54 Å². The highest BCUT2D eigenvalue weighted by Crippen LogP contribution is 2.27. The van der Waals surface area contributed by atoms with Gasteiger partial charge in [-0.1, -0.05) is 6.07 Å². The fourth-order valence-electron chi connectivity index (χ4n) is 3.49. The number of fused-ring (bicyclic) bond motifs is 1. The second-order valence-electron chi connectivity index (χ2n) is 7.09. The van der Waals surface area contributed by atoms with Crippen LogP contribution in [-0.4, -0.2) is 57.2 Å². The fourth-order valence-corrected chi connectivity index (χ4v) is 3.49. The van der Waals surface area contributed by atoms with Crippen LogP contribution in [0, 0.1) is 5.82 Å². The molecule has 0 saturated heterocycles. The number of hydrogen-bond acceptors (Lipinski definition) is 3. The van der Waals surface area contributed by atoms with E-state index in [0.717, 1.165) is 58.9 Å². The molecule has 8 heteroatoms. The van der Waals surface area contributed by atoms with E-state index in [1.165, 1.54) is 6.07 Å². The van der Waals surface area contributed by atoms with Crippen LogP contribution in [0.25, 0.3) is 10.9 Å². The fraction of sp³-hybridized carbons (Fsp3) is 0.348. The Morgan fingerprint density at radius 2 is 1.87 bits per heavy atom. The minimum Gasteiger partial charge on any atom is -0.493 e. The van der Waals surface area contributed by atoms with Crippen molar-refractivity contribution in [2.45, 2.75) is 12.8 Å². The number of nitrogens with one attached hydrogen (secondary N) is 2. The number of hydrogen-bond donors (Lipinski definition) is 2. The first kappa shape index (κ1) is 24.8. The predicted molar refractivity (Wildman–Crippen MR) is 135 cm³/mol. The summed E-state index contributed by atoms with van der Waals surface area (Å²) in [7, 11) is 7.06. The van der Waals surface area contributed by atoms with Crippen molar-refractivity contribution in [3.05, 3.63) is 59.5 Å². The summed E-state index contributed by atoms with van der Waals surface area (Å²) >= 11 is 0. The lowest BCUT2D eigenvalue weighted by atomic mass is 10.1. The summed E-state index contributed by atoms with van der Waals surface area (Å²) in [4.78, 5) is 9.66. The van der Waals surface area contributed by atoms with Gasteiger partial charge in [-0.25, -0.2) is 4.39 Å². The molecule has 2 N–H and O–H groups in total. The Morgan fingerprint density at radius 1 is 1.10 bits per heavy atom. The molecule has 0 unspecified atom stereocenters. The zero-order valence-electron chi connectivity index (χ0n) is 18.4. The number of methoxy groups -OCH3 is 2. The summed E-state index contributed by atoms with van der Waals surface area (Å²) in [5.74, 6) is 2.06. The normalized spacial score (nSPS) is 11.2. The molecule has 0 atom stereocenters. The van der Waals surface area contributed by atoms with Gasteiger partial charge in [0.25, 0.3) is 0 Å². The standard InChI is InChI=1S/C23H29FN4O2.HI/c1-25-23(26-11-9-17-15-27-20-7-6-18(24)14-19(17)20)28(2)12-10-16-5-8-21(29-3)22(13-16)30-4;/h5-8,13-15,27H,9-12H2,1-4H3,(H,25,26);1H. The number of aromatic nitrogens is 1. The van der Waals surface area contributed by atoms with Gasteiger partial charge in [0.15, 0.2) is 17.5 Å². The maximum Gasteiger partial charge on any atom is 0.193 e. The van der Waals surface area contributed by atoms with E-state index in [2.05, 4.69) is 20.2 Å². The van der Waals surface area contributed by atoms with Gasteiger partial charge < -0.3 is 24.7 Å². The van der Waals surface area contributed by atoms with Crippen molar-refractivity contribution in [1.82, 2.24) is 15.2 Å². The molecule has 0 saturated carbocycles. The first-order valence-electron chi connectivity index (χ1n) is 9.94. The Kier molecular flexibility index (Phi) is 9.42. The maximum absolute atomic E-state index is 13.5. The molecule has 3 rings (SSSR count). The Labute approximate surface area is 199 Å². The summed E-state index contributed by atoms with van der Waals surface area (Å²) in [6.07, 6.45) is 3.56. The first-order valence-corrected chi connectivity index (χ1v) is 9.94. The highest BCUT2D eigenvalue weighted by molar-refractivity contribution is 14.0. The zero-order valence-corrected chi connectivity index (χ0v) is 20.7. The van der Waals surface area contributed by atoms with E-state index in [1.54, 1.807) is 33.4 Å². The number of halogens is 2. The molecule has 0 aliphatic carbocycles. The lowest BCUT2D eigenvalue weighted by Crippen LogP contribution is -2.40. The van der Waals surface area contributed by atoms with Crippen LogP contribution in [0.15, 0.2) is 47.6 Å². The number of rotatable bonds is 8. The van der Waals surface area contributed by atoms with Crippen molar-refractivity contribution >= 4 is 40.8 Å². The molecule has 0 amide bonds. The molecule has 0 bridgehead atoms. The van der Waals surface area contributed by atoms with Crippen molar-refractivity contribution in [3.63, 3.8) is 0 Å². The van der Waals surface area contributed by atoms with Gasteiger partial charge in [0.05, 0.1) is 14.2 Å². The molecular formula is C23H30FIN4O2. The van der Waals surface area contributed by atoms with Crippen molar-refractivity contribution in [2.24, 2.45) is 4.99 Å². The molecule has 6 nitrogen and oxygen atoms in total. The molecule has 3 aromatic rings. The molecule has 0 fully saturated rings. The Bertz CT molecular complexity index is 1020. The summed E-state index contributed by atoms with van der Waals surface area (Å²) in [5.41, 5.74) is 3.19. The average molecular weight is 540 g/mol. The number of aromatic amines is 1. The molecule has 168 valence electrons. The molecule has 1 heterocycles. The van der Waals surface area contributed by atoms with Crippen LogP contribution in [0.5, 0.6) is 11.5 Å². The van der Waals surface area contributed by atoms with Crippen LogP contribution >= 0.6 is 24.0 Å². The first-order chi connectivity index (χ1) is 14.5. The van der Waals surface area contributed by atoms with Gasteiger partial charge in [-0.3, -0.25) is 4.99 Å². The smallest absolute Gasteiger partial charge is 0.193 e. The number of guanidine groups is 1. The van der Waals surface area contributed by atoms with Crippen LogP contribution in [0.1, 0.15) is 11.1 Å². The summed E-state index contributed by atoms with van der Waals surface area (Å²) in [6, 6.07) is 10.8. The van der Waals surface area contributed by atoms with Gasteiger partial charge in [-0.2, -0.15) is 0 Å². The van der Waals surface area contributed by atoms with E-state index in [4.69, 9.17) is 9.47 Å². The van der Waals surface area contributed by atoms with Gasteiger partial charge in [0.2, 0.25) is 0 Å². The van der Waals surface area contributed by atoms with E-state index in [9.17, 15) is 4.39 Å². The third-order valence-electron chi connectivity index (χ3n) is 5.16. The van der Waals surface area contributed by atoms with Gasteiger partial charge in [0.1, 0.15) is 5.82 Å². The molecule has 0 aliphatic heterocycles. The topological polar surface area (TPSA) is 61.9 Å². The SMILES string of the molecule is CN=C(NCCc1c[nH]c2ccc(F)cc12)N(C)CCc1ccc(OC)c(OC)c1.I. The molecular weight excluding hydrogens is 510 g/mol. The number of aliphatic imine (C=N–C) groups is 1. The molecule has 31 heavy (non-hydrogen) atoms. The van der Waals surface area contributed by atoms with Gasteiger partial charge in [0, 0.05) is 44.3 Å². The number of benzene rings is 2. The van der Waals surface area contributed by atoms with Crippen molar-refractivity contribution < 1.29 is 13.9 Å². The van der Waals surface area contributed by atoms with Gasteiger partial charge in [-0.05, 0) is 54.3 Å². The van der Waals surface area contributed by atoms with Gasteiger partial charge >= 0.3 is 0 Å². The zero-order chi connectivity index (χ0) is 21.5. The number of ether oxygens (including phenoxy) is 2. The largest absolute Gasteiger partial charge is 0.493 e. The number of nitrogens with zero attached hydrogens (tertiary/aromatic N) is 2. The minimum atomic E-state index is -0.220. The monoisotopic (exact) mass is 540 g/mol. The molecule has 2 aromatic carbocycles. The van der Waals surface area contributed by atoms with Crippen LogP contribution in [0.3, 0.4) is 0 Å². The Hall–Kier alpha value is -2.49. The number of likely N-dealkylation sites (N-methyl/N-ethyl adjacent to an activating group) is 1. The third kappa shape index (κ3) is 6.25.